The molecule has 1 aromatic heterocycles. The van der Waals surface area contributed by atoms with Crippen LogP contribution in [-0.4, -0.2) is 46.3 Å². The molecule has 2 amide bonds. The van der Waals surface area contributed by atoms with Crippen LogP contribution in [0.2, 0.25) is 0 Å². The van der Waals surface area contributed by atoms with Gasteiger partial charge in [0.1, 0.15) is 5.82 Å². The molecule has 1 aliphatic heterocycles. The Balaban J connectivity index is 1.83. The zero-order valence-electron chi connectivity index (χ0n) is 14.3. The number of carbonyl (C=O) groups excluding carboxylic acids is 2. The third-order valence-corrected chi connectivity index (χ3v) is 4.24. The van der Waals surface area contributed by atoms with E-state index in [0.717, 1.165) is 12.1 Å². The summed E-state index contributed by atoms with van der Waals surface area (Å²) in [4.78, 5) is 30.3. The van der Waals surface area contributed by atoms with Crippen LogP contribution < -0.4 is 4.90 Å². The third kappa shape index (κ3) is 3.19. The van der Waals surface area contributed by atoms with Gasteiger partial charge in [0.15, 0.2) is 6.23 Å². The Hall–Kier alpha value is -2.90. The number of halogens is 1. The van der Waals surface area contributed by atoms with Gasteiger partial charge in [0.2, 0.25) is 5.91 Å². The van der Waals surface area contributed by atoms with Gasteiger partial charge in [0.25, 0.3) is 0 Å². The molecule has 0 saturated carbocycles. The predicted octanol–water partition coefficient (Wildman–Crippen LogP) is 2.33. The lowest BCUT2D eigenvalue weighted by atomic mass is 10.2. The summed E-state index contributed by atoms with van der Waals surface area (Å²) < 4.78 is 21.3. The Kier molecular flexibility index (Phi) is 4.43. The molecular formula is C17H19FN4O3. The molecule has 0 aliphatic carbocycles. The second kappa shape index (κ2) is 6.54. The minimum atomic E-state index is -0.687. The minimum Gasteiger partial charge on any atom is -0.423 e. The standard InChI is InChI=1S/C17H19FN4O3/c1-4-12-8-21(10-19-12)15-6-5-13(7-14(15)18)22-9-16(25-17(22)24)20(3)11(2)23/h5-8,10,16H,4,9H2,1-3H3. The van der Waals surface area contributed by atoms with E-state index in [-0.39, 0.29) is 12.5 Å². The minimum absolute atomic E-state index is 0.152. The molecule has 0 radical (unpaired) electrons. The molecule has 1 aliphatic rings. The number of cyclic esters (lactones) is 1. The van der Waals surface area contributed by atoms with Crippen molar-refractivity contribution in [3.05, 3.63) is 42.2 Å². The van der Waals surface area contributed by atoms with Gasteiger partial charge in [-0.2, -0.15) is 0 Å². The Labute approximate surface area is 144 Å². The first-order chi connectivity index (χ1) is 11.9. The van der Waals surface area contributed by atoms with Crippen molar-refractivity contribution in [3.8, 4) is 5.69 Å². The average molecular weight is 346 g/mol. The summed E-state index contributed by atoms with van der Waals surface area (Å²) in [6.45, 7) is 3.51. The predicted molar refractivity (Wildman–Crippen MR) is 89.0 cm³/mol. The molecule has 0 spiro atoms. The topological polar surface area (TPSA) is 67.7 Å². The first kappa shape index (κ1) is 16.9. The fraction of sp³-hybridized carbons (Fsp3) is 0.353. The molecule has 1 aromatic carbocycles. The first-order valence-corrected chi connectivity index (χ1v) is 7.95. The van der Waals surface area contributed by atoms with Crippen LogP contribution in [-0.2, 0) is 16.0 Å². The van der Waals surface area contributed by atoms with E-state index in [9.17, 15) is 14.0 Å². The number of rotatable bonds is 4. The highest BCUT2D eigenvalue weighted by Crippen LogP contribution is 2.26. The van der Waals surface area contributed by atoms with Crippen molar-refractivity contribution in [1.82, 2.24) is 14.5 Å². The van der Waals surface area contributed by atoms with E-state index in [0.29, 0.717) is 11.4 Å². The van der Waals surface area contributed by atoms with E-state index in [1.165, 1.54) is 22.8 Å². The van der Waals surface area contributed by atoms with Crippen LogP contribution in [0.1, 0.15) is 19.5 Å². The number of anilines is 1. The Morgan fingerprint density at radius 2 is 2.24 bits per heavy atom. The zero-order valence-corrected chi connectivity index (χ0v) is 14.3. The molecule has 1 atom stereocenters. The van der Waals surface area contributed by atoms with Crippen LogP contribution in [0.4, 0.5) is 14.9 Å². The normalized spacial score (nSPS) is 16.9. The van der Waals surface area contributed by atoms with E-state index in [4.69, 9.17) is 4.74 Å². The van der Waals surface area contributed by atoms with Crippen LogP contribution in [0.5, 0.6) is 0 Å². The van der Waals surface area contributed by atoms with Gasteiger partial charge in [-0.05, 0) is 24.6 Å². The van der Waals surface area contributed by atoms with Crippen molar-refractivity contribution in [2.24, 2.45) is 0 Å². The van der Waals surface area contributed by atoms with Crippen molar-refractivity contribution >= 4 is 17.7 Å². The van der Waals surface area contributed by atoms with Crippen LogP contribution in [0.15, 0.2) is 30.7 Å². The van der Waals surface area contributed by atoms with Crippen LogP contribution in [0.25, 0.3) is 5.69 Å². The highest BCUT2D eigenvalue weighted by atomic mass is 19.1. The lowest BCUT2D eigenvalue weighted by Crippen LogP contribution is -2.38. The fourth-order valence-corrected chi connectivity index (χ4v) is 2.61. The summed E-state index contributed by atoms with van der Waals surface area (Å²) in [6, 6.07) is 4.50. The van der Waals surface area contributed by atoms with Gasteiger partial charge in [-0.25, -0.2) is 14.2 Å². The summed E-state index contributed by atoms with van der Waals surface area (Å²) in [7, 11) is 1.55. The maximum absolute atomic E-state index is 14.5. The summed E-state index contributed by atoms with van der Waals surface area (Å²) in [5, 5.41) is 0. The van der Waals surface area contributed by atoms with Gasteiger partial charge in [-0.1, -0.05) is 6.92 Å². The van der Waals surface area contributed by atoms with Crippen molar-refractivity contribution in [3.63, 3.8) is 0 Å². The lowest BCUT2D eigenvalue weighted by Gasteiger charge is -2.20. The fourth-order valence-electron chi connectivity index (χ4n) is 2.61. The van der Waals surface area contributed by atoms with Gasteiger partial charge in [0.05, 0.1) is 29.9 Å². The number of benzene rings is 1. The SMILES string of the molecule is CCc1cn(-c2ccc(N3CC(N(C)C(C)=O)OC3=O)cc2F)cn1. The van der Waals surface area contributed by atoms with Gasteiger partial charge in [-0.3, -0.25) is 9.69 Å². The number of imidazole rings is 1. The maximum atomic E-state index is 14.5. The second-order valence-electron chi connectivity index (χ2n) is 5.84. The van der Waals surface area contributed by atoms with E-state index in [2.05, 4.69) is 4.98 Å². The van der Waals surface area contributed by atoms with Crippen molar-refractivity contribution in [2.75, 3.05) is 18.5 Å². The summed E-state index contributed by atoms with van der Waals surface area (Å²) in [5.41, 5.74) is 1.59. The number of ether oxygens (including phenoxy) is 1. The molecule has 2 aromatic rings. The van der Waals surface area contributed by atoms with E-state index < -0.39 is 18.1 Å². The molecule has 25 heavy (non-hydrogen) atoms. The highest BCUT2D eigenvalue weighted by Gasteiger charge is 2.36. The van der Waals surface area contributed by atoms with E-state index in [1.54, 1.807) is 36.3 Å². The number of aryl methyl sites for hydroxylation is 1. The van der Waals surface area contributed by atoms with Gasteiger partial charge in [0, 0.05) is 20.2 Å². The Morgan fingerprint density at radius 1 is 1.48 bits per heavy atom. The molecular weight excluding hydrogens is 327 g/mol. The monoisotopic (exact) mass is 346 g/mol. The number of carbonyl (C=O) groups is 2. The van der Waals surface area contributed by atoms with E-state index >= 15 is 0 Å². The molecule has 1 unspecified atom stereocenters. The number of nitrogens with zero attached hydrogens (tertiary/aromatic N) is 4. The van der Waals surface area contributed by atoms with Crippen molar-refractivity contribution in [2.45, 2.75) is 26.5 Å². The van der Waals surface area contributed by atoms with Crippen molar-refractivity contribution in [1.29, 1.82) is 0 Å². The molecule has 7 nitrogen and oxygen atoms in total. The van der Waals surface area contributed by atoms with Crippen molar-refractivity contribution < 1.29 is 18.7 Å². The smallest absolute Gasteiger partial charge is 0.416 e. The summed E-state index contributed by atoms with van der Waals surface area (Å²) in [6.07, 6.45) is 2.78. The Morgan fingerprint density at radius 3 is 2.84 bits per heavy atom. The number of hydrogen-bond donors (Lipinski definition) is 0. The largest absolute Gasteiger partial charge is 0.423 e. The second-order valence-corrected chi connectivity index (χ2v) is 5.84. The number of hydrogen-bond acceptors (Lipinski definition) is 4. The van der Waals surface area contributed by atoms with Crippen LogP contribution >= 0.6 is 0 Å². The maximum Gasteiger partial charge on any atom is 0.416 e. The molecule has 3 rings (SSSR count). The van der Waals surface area contributed by atoms with Crippen LogP contribution in [0, 0.1) is 5.82 Å². The van der Waals surface area contributed by atoms with E-state index in [1.807, 2.05) is 6.92 Å². The average Bonchev–Trinajstić information content (AvgIpc) is 3.20. The third-order valence-electron chi connectivity index (χ3n) is 4.24. The number of amides is 2. The number of likely N-dealkylation sites (N-methyl/N-ethyl adjacent to an activating group) is 1. The van der Waals surface area contributed by atoms with Crippen LogP contribution in [0.3, 0.4) is 0 Å². The molecule has 1 fully saturated rings. The zero-order chi connectivity index (χ0) is 18.1. The van der Waals surface area contributed by atoms with Gasteiger partial charge in [-0.15, -0.1) is 0 Å². The summed E-state index contributed by atoms with van der Waals surface area (Å²) in [5.74, 6) is -0.693. The molecule has 2 heterocycles. The Bertz CT molecular complexity index is 820. The van der Waals surface area contributed by atoms with Gasteiger partial charge < -0.3 is 14.2 Å². The number of aromatic nitrogens is 2. The highest BCUT2D eigenvalue weighted by molar-refractivity contribution is 5.90. The molecule has 1 saturated heterocycles. The van der Waals surface area contributed by atoms with Gasteiger partial charge >= 0.3 is 6.09 Å². The molecule has 8 heteroatoms. The summed E-state index contributed by atoms with van der Waals surface area (Å²) >= 11 is 0. The lowest BCUT2D eigenvalue weighted by molar-refractivity contribution is -0.134. The molecule has 0 bridgehead atoms. The molecule has 0 N–H and O–H groups in total. The molecule has 132 valence electrons. The quantitative estimate of drug-likeness (QED) is 0.852. The first-order valence-electron chi connectivity index (χ1n) is 7.95.